The number of carbonyl (C=O) groups is 1. The van der Waals surface area contributed by atoms with Crippen LogP contribution in [0.2, 0.25) is 0 Å². The number of pyridine rings is 1. The first kappa shape index (κ1) is 24.7. The number of amides is 1. The molecule has 0 radical (unpaired) electrons. The van der Waals surface area contributed by atoms with Gasteiger partial charge in [-0.2, -0.15) is 9.99 Å². The van der Waals surface area contributed by atoms with E-state index in [0.717, 1.165) is 10.3 Å². The zero-order chi connectivity index (χ0) is 25.8. The van der Waals surface area contributed by atoms with Gasteiger partial charge >= 0.3 is 0 Å². The third-order valence-corrected chi connectivity index (χ3v) is 6.20. The molecule has 0 bridgehead atoms. The molecule has 36 heavy (non-hydrogen) atoms. The number of carbonyl (C=O) groups excluding carboxylic acids is 1. The number of hydrogen-bond acceptors (Lipinski definition) is 7. The van der Waals surface area contributed by atoms with Crippen LogP contribution < -0.4 is 10.3 Å². The van der Waals surface area contributed by atoms with Crippen molar-refractivity contribution in [2.45, 2.75) is 19.9 Å². The van der Waals surface area contributed by atoms with E-state index in [1.165, 1.54) is 11.1 Å². The van der Waals surface area contributed by atoms with E-state index in [1.807, 2.05) is 18.3 Å². The second-order valence-electron chi connectivity index (χ2n) is 9.10. The summed E-state index contributed by atoms with van der Waals surface area (Å²) in [6.45, 7) is 6.03. The second kappa shape index (κ2) is 10.4. The number of hydrogen-bond donors (Lipinski definition) is 1. The molecular weight excluding hydrogens is 458 g/mol. The van der Waals surface area contributed by atoms with Gasteiger partial charge in [-0.3, -0.25) is 4.79 Å². The number of piperazine rings is 1. The van der Waals surface area contributed by atoms with Crippen LogP contribution in [0.5, 0.6) is 0 Å². The molecule has 1 aliphatic carbocycles. The van der Waals surface area contributed by atoms with Gasteiger partial charge in [0.15, 0.2) is 0 Å². The maximum absolute atomic E-state index is 12.1. The fraction of sp³-hybridized carbons (Fsp3) is 0.360. The molecule has 0 saturated carbocycles. The number of aliphatic imine (C=N–C) groups is 1. The van der Waals surface area contributed by atoms with Gasteiger partial charge in [0.05, 0.1) is 29.5 Å². The Morgan fingerprint density at radius 2 is 2.00 bits per heavy atom. The van der Waals surface area contributed by atoms with Gasteiger partial charge in [-0.05, 0) is 30.2 Å². The van der Waals surface area contributed by atoms with Gasteiger partial charge in [-0.1, -0.05) is 19.9 Å². The van der Waals surface area contributed by atoms with E-state index in [0.29, 0.717) is 48.2 Å². The summed E-state index contributed by atoms with van der Waals surface area (Å²) in [6.07, 6.45) is 6.57. The number of rotatable bonds is 3. The van der Waals surface area contributed by atoms with E-state index >= 15 is 0 Å². The van der Waals surface area contributed by atoms with Crippen LogP contribution in [0.25, 0.3) is 11.3 Å². The number of nitrogens with zero attached hydrogens (tertiary/aromatic N) is 9. The molecule has 3 heterocycles. The monoisotopic (exact) mass is 487 g/mol. The maximum Gasteiger partial charge on any atom is 0.273 e. The zero-order valence-electron chi connectivity index (χ0n) is 20.8. The average Bonchev–Trinajstić information content (AvgIpc) is 2.88. The molecule has 1 atom stereocenters. The highest BCUT2D eigenvalue weighted by Gasteiger charge is 2.32. The van der Waals surface area contributed by atoms with Crippen molar-refractivity contribution >= 4 is 17.7 Å². The first-order valence-electron chi connectivity index (χ1n) is 11.7. The quantitative estimate of drug-likeness (QED) is 0.259. The lowest BCUT2D eigenvalue weighted by atomic mass is 10.00. The van der Waals surface area contributed by atoms with E-state index in [-0.39, 0.29) is 17.9 Å². The lowest BCUT2D eigenvalue weighted by molar-refractivity contribution is 0.0821. The van der Waals surface area contributed by atoms with Crippen LogP contribution in [0.15, 0.2) is 58.9 Å². The summed E-state index contributed by atoms with van der Waals surface area (Å²) in [4.78, 5) is 35.4. The fourth-order valence-electron chi connectivity index (χ4n) is 4.28. The third kappa shape index (κ3) is 4.98. The van der Waals surface area contributed by atoms with Crippen molar-refractivity contribution < 1.29 is 10.0 Å². The molecule has 11 heteroatoms. The summed E-state index contributed by atoms with van der Waals surface area (Å²) in [7, 11) is 3.35. The number of guanidine groups is 1. The molecule has 1 unspecified atom stereocenters. The predicted molar refractivity (Wildman–Crippen MR) is 134 cm³/mol. The van der Waals surface area contributed by atoms with Crippen LogP contribution in [-0.4, -0.2) is 81.3 Å². The normalized spacial score (nSPS) is 16.9. The minimum absolute atomic E-state index is 0.00256. The number of fused-ring (bicyclic) bond motifs is 1. The Hall–Kier alpha value is -4.46. The van der Waals surface area contributed by atoms with Gasteiger partial charge < -0.3 is 19.9 Å². The highest BCUT2D eigenvalue weighted by Crippen LogP contribution is 2.22. The second-order valence-corrected chi connectivity index (χ2v) is 9.10. The van der Waals surface area contributed by atoms with Crippen LogP contribution in [0.4, 0.5) is 5.82 Å². The minimum Gasteiger partial charge on any atom is -0.428 e. The summed E-state index contributed by atoms with van der Waals surface area (Å²) in [6, 6.07) is 9.03. The third-order valence-electron chi connectivity index (χ3n) is 6.20. The lowest BCUT2D eigenvalue weighted by Gasteiger charge is -2.44. The van der Waals surface area contributed by atoms with Crippen LogP contribution in [0.1, 0.15) is 24.3 Å². The molecular formula is C25H29N9O2. The molecule has 1 amide bonds. The Morgan fingerprint density at radius 1 is 1.19 bits per heavy atom. The Kier molecular flexibility index (Phi) is 7.15. The van der Waals surface area contributed by atoms with Crippen molar-refractivity contribution in [2.75, 3.05) is 38.6 Å². The molecule has 1 N–H and O–H groups in total. The van der Waals surface area contributed by atoms with E-state index in [1.54, 1.807) is 44.7 Å². The largest absolute Gasteiger partial charge is 0.428 e. The summed E-state index contributed by atoms with van der Waals surface area (Å²) in [5.41, 5.74) is 1.65. The summed E-state index contributed by atoms with van der Waals surface area (Å²) >= 11 is 0. The van der Waals surface area contributed by atoms with E-state index in [9.17, 15) is 15.3 Å². The van der Waals surface area contributed by atoms with Gasteiger partial charge in [-0.15, -0.1) is 4.99 Å². The summed E-state index contributed by atoms with van der Waals surface area (Å²) in [5, 5.41) is 20.2. The van der Waals surface area contributed by atoms with Crippen LogP contribution in [0, 0.1) is 17.4 Å². The van der Waals surface area contributed by atoms with Crippen molar-refractivity contribution in [3.63, 3.8) is 0 Å². The van der Waals surface area contributed by atoms with Crippen LogP contribution in [-0.2, 0) is 0 Å². The maximum atomic E-state index is 12.1. The molecule has 1 saturated heterocycles. The van der Waals surface area contributed by atoms with Crippen molar-refractivity contribution in [3.8, 4) is 17.5 Å². The lowest BCUT2D eigenvalue weighted by Crippen LogP contribution is -2.57. The first-order valence-corrected chi connectivity index (χ1v) is 11.7. The Labute approximate surface area is 209 Å². The van der Waals surface area contributed by atoms with Gasteiger partial charge in [0.1, 0.15) is 11.5 Å². The summed E-state index contributed by atoms with van der Waals surface area (Å²) < 4.78 is 1.05. The molecule has 11 nitrogen and oxygen atoms in total. The number of nitriles is 1. The SMILES string of the molecule is CC(C)C1CN(c2cnc(C(=O)N(C)C)cn2)CCN1C(=NC#N)/N=c1/cccc2n(O)cccc1-2. The van der Waals surface area contributed by atoms with Crippen LogP contribution >= 0.6 is 0 Å². The smallest absolute Gasteiger partial charge is 0.273 e. The zero-order valence-corrected chi connectivity index (χ0v) is 20.8. The van der Waals surface area contributed by atoms with Gasteiger partial charge in [-0.25, -0.2) is 15.0 Å². The number of anilines is 1. The highest BCUT2D eigenvalue weighted by molar-refractivity contribution is 5.91. The molecule has 1 aromatic heterocycles. The van der Waals surface area contributed by atoms with Gasteiger partial charge in [0.25, 0.3) is 5.91 Å². The predicted octanol–water partition coefficient (Wildman–Crippen LogP) is 1.91. The fourth-order valence-corrected chi connectivity index (χ4v) is 4.28. The number of benzene rings is 1. The number of aromatic nitrogens is 3. The van der Waals surface area contributed by atoms with Crippen molar-refractivity contribution in [1.29, 1.82) is 5.26 Å². The standard InChI is InChI=1S/C25H29N9O2/c1-17(2)22-15-32(23-14-27-20(13-28-23)24(35)31(3)4)11-12-33(22)25(29-16-26)30-19-8-5-9-21-18(19)7-6-10-34(21)36/h5-10,13-14,17,22,36H,11-12,15H2,1-4H3/b29-25?,30-19-. The molecule has 3 aliphatic rings. The van der Waals surface area contributed by atoms with Crippen molar-refractivity contribution in [2.24, 2.45) is 15.9 Å². The molecule has 1 aromatic rings. The van der Waals surface area contributed by atoms with Crippen molar-refractivity contribution in [1.82, 2.24) is 24.5 Å². The van der Waals surface area contributed by atoms with Crippen molar-refractivity contribution in [3.05, 3.63) is 60.0 Å². The van der Waals surface area contributed by atoms with Crippen LogP contribution in [0.3, 0.4) is 0 Å². The van der Waals surface area contributed by atoms with E-state index in [2.05, 4.69) is 38.6 Å². The Morgan fingerprint density at radius 3 is 2.67 bits per heavy atom. The highest BCUT2D eigenvalue weighted by atomic mass is 16.5. The summed E-state index contributed by atoms with van der Waals surface area (Å²) in [5.74, 6) is 1.04. The average molecular weight is 488 g/mol. The molecule has 186 valence electrons. The molecule has 4 rings (SSSR count). The molecule has 0 aromatic carbocycles. The minimum atomic E-state index is -0.196. The van der Waals surface area contributed by atoms with E-state index in [4.69, 9.17) is 4.99 Å². The van der Waals surface area contributed by atoms with E-state index < -0.39 is 0 Å². The Bertz CT molecular complexity index is 1340. The van der Waals surface area contributed by atoms with Gasteiger partial charge in [0, 0.05) is 45.5 Å². The molecule has 2 aliphatic heterocycles. The van der Waals surface area contributed by atoms with Gasteiger partial charge in [0.2, 0.25) is 12.2 Å². The Balaban J connectivity index is 1.63. The topological polar surface area (TPSA) is 126 Å². The molecule has 0 spiro atoms. The molecule has 1 fully saturated rings. The first-order chi connectivity index (χ1) is 17.3.